The summed E-state index contributed by atoms with van der Waals surface area (Å²) >= 11 is 0. The maximum Gasteiger partial charge on any atom is 0.272 e. The molecule has 4 heterocycles. The van der Waals surface area contributed by atoms with Gasteiger partial charge in [0.15, 0.2) is 0 Å². The Morgan fingerprint density at radius 2 is 2.03 bits per heavy atom. The first-order valence-electron chi connectivity index (χ1n) is 11.3. The van der Waals surface area contributed by atoms with Gasteiger partial charge in [-0.3, -0.25) is 19.1 Å². The summed E-state index contributed by atoms with van der Waals surface area (Å²) in [5.41, 5.74) is 1.61. The number of carbonyl (C=O) groups is 2. The molecule has 0 spiro atoms. The van der Waals surface area contributed by atoms with Gasteiger partial charge in [0, 0.05) is 38.2 Å². The Labute approximate surface area is 180 Å². The molecule has 2 fully saturated rings. The summed E-state index contributed by atoms with van der Waals surface area (Å²) in [6.45, 7) is 4.02. The summed E-state index contributed by atoms with van der Waals surface area (Å²) in [6.07, 6.45) is 6.96. The Balaban J connectivity index is 1.37. The lowest BCUT2D eigenvalue weighted by atomic mass is 9.84. The number of aromatic nitrogens is 4. The molecule has 2 aliphatic heterocycles. The fourth-order valence-electron chi connectivity index (χ4n) is 4.91. The highest BCUT2D eigenvalue weighted by Crippen LogP contribution is 2.36. The molecule has 1 atom stereocenters. The summed E-state index contributed by atoms with van der Waals surface area (Å²) in [7, 11) is 0. The van der Waals surface area contributed by atoms with Crippen molar-refractivity contribution in [3.05, 3.63) is 45.4 Å². The smallest absolute Gasteiger partial charge is 0.272 e. The molecular weight excluding hydrogens is 396 g/mol. The molecule has 1 saturated heterocycles. The Kier molecular flexibility index (Phi) is 5.11. The Hall–Kier alpha value is -2.97. The van der Waals surface area contributed by atoms with Crippen LogP contribution in [0.1, 0.15) is 72.6 Å². The van der Waals surface area contributed by atoms with Crippen molar-refractivity contribution in [3.8, 4) is 0 Å². The molecule has 9 nitrogen and oxygen atoms in total. The minimum absolute atomic E-state index is 0.124. The van der Waals surface area contributed by atoms with Gasteiger partial charge >= 0.3 is 0 Å². The normalized spacial score (nSPS) is 21.1. The number of rotatable bonds is 4. The fraction of sp³-hybridized carbons (Fsp3) is 0.591. The zero-order valence-electron chi connectivity index (χ0n) is 17.8. The molecule has 2 amide bonds. The first kappa shape index (κ1) is 20.0. The van der Waals surface area contributed by atoms with Gasteiger partial charge in [0.1, 0.15) is 11.5 Å². The van der Waals surface area contributed by atoms with Crippen LogP contribution in [0.5, 0.6) is 0 Å². The molecule has 1 N–H and O–H groups in total. The average Bonchev–Trinajstić information content (AvgIpc) is 3.41. The van der Waals surface area contributed by atoms with Crippen molar-refractivity contribution < 1.29 is 9.59 Å². The lowest BCUT2D eigenvalue weighted by molar-refractivity contribution is -0.139. The van der Waals surface area contributed by atoms with E-state index in [2.05, 4.69) is 10.1 Å². The van der Waals surface area contributed by atoms with E-state index in [1.807, 2.05) is 11.8 Å². The molecule has 5 rings (SSSR count). The van der Waals surface area contributed by atoms with Gasteiger partial charge in [0.05, 0.1) is 23.8 Å². The lowest BCUT2D eigenvalue weighted by Crippen LogP contribution is -2.42. The van der Waals surface area contributed by atoms with E-state index in [9.17, 15) is 14.4 Å². The van der Waals surface area contributed by atoms with E-state index in [4.69, 9.17) is 4.98 Å². The highest BCUT2D eigenvalue weighted by molar-refractivity contribution is 5.92. The summed E-state index contributed by atoms with van der Waals surface area (Å²) in [6, 6.07) is 1.56. The van der Waals surface area contributed by atoms with E-state index in [0.29, 0.717) is 36.6 Å². The second kappa shape index (κ2) is 7.94. The number of likely N-dealkylation sites (tertiary alicyclic amines) is 1. The molecular formula is C22H28N6O3. The third-order valence-corrected chi connectivity index (χ3v) is 6.92. The van der Waals surface area contributed by atoms with Gasteiger partial charge in [0.2, 0.25) is 5.91 Å². The van der Waals surface area contributed by atoms with Crippen LogP contribution in [-0.2, 0) is 24.3 Å². The molecule has 2 aromatic heterocycles. The largest absolute Gasteiger partial charge is 0.332 e. The quantitative estimate of drug-likeness (QED) is 0.804. The summed E-state index contributed by atoms with van der Waals surface area (Å²) in [4.78, 5) is 50.0. The number of H-pyrrole nitrogens is 1. The number of hydrogen-bond donors (Lipinski definition) is 1. The van der Waals surface area contributed by atoms with Gasteiger partial charge in [-0.25, -0.2) is 4.98 Å². The number of aryl methyl sites for hydroxylation is 1. The molecule has 0 bridgehead atoms. The molecule has 1 aliphatic carbocycles. The van der Waals surface area contributed by atoms with Crippen molar-refractivity contribution in [2.75, 3.05) is 13.1 Å². The summed E-state index contributed by atoms with van der Waals surface area (Å²) in [5.74, 6) is 0.818. The molecule has 3 aliphatic rings. The third-order valence-electron chi connectivity index (χ3n) is 6.92. The standard InChI is InChI=1S/C22H28N6O3/c1-2-28-18(8-10-23-28)22(31)26-12-9-16-15(13-26)20(29)25-19(24-16)17-7-4-11-27(17)21(30)14-5-3-6-14/h8,10,14,17H,2-7,9,11-13H2,1H3,(H,24,25,29)/t17-/m0/s1. The van der Waals surface area contributed by atoms with Crippen LogP contribution in [0.15, 0.2) is 17.1 Å². The molecule has 2 aromatic rings. The van der Waals surface area contributed by atoms with E-state index in [1.165, 1.54) is 0 Å². The van der Waals surface area contributed by atoms with Crippen molar-refractivity contribution >= 4 is 11.8 Å². The highest BCUT2D eigenvalue weighted by Gasteiger charge is 2.38. The zero-order chi connectivity index (χ0) is 21.5. The Bertz CT molecular complexity index is 1070. The third kappa shape index (κ3) is 3.45. The number of nitrogens with one attached hydrogen (secondary N) is 1. The van der Waals surface area contributed by atoms with Crippen LogP contribution in [0.25, 0.3) is 0 Å². The monoisotopic (exact) mass is 424 g/mol. The maximum atomic E-state index is 12.9. The molecule has 0 unspecified atom stereocenters. The van der Waals surface area contributed by atoms with Crippen LogP contribution in [0.3, 0.4) is 0 Å². The second-order valence-corrected chi connectivity index (χ2v) is 8.70. The molecule has 0 aromatic carbocycles. The predicted molar refractivity (Wildman–Crippen MR) is 112 cm³/mol. The number of hydrogen-bond acceptors (Lipinski definition) is 5. The lowest BCUT2D eigenvalue weighted by Gasteiger charge is -2.33. The SMILES string of the molecule is CCn1nccc1C(=O)N1CCc2nc([C@@H]3CCCN3C(=O)C3CCC3)[nH]c(=O)c2C1. The first-order chi connectivity index (χ1) is 15.1. The first-order valence-corrected chi connectivity index (χ1v) is 11.3. The zero-order valence-corrected chi connectivity index (χ0v) is 17.8. The van der Waals surface area contributed by atoms with Gasteiger partial charge in [0.25, 0.3) is 11.5 Å². The molecule has 31 heavy (non-hydrogen) atoms. The molecule has 9 heteroatoms. The van der Waals surface area contributed by atoms with Gasteiger partial charge in [-0.15, -0.1) is 0 Å². The van der Waals surface area contributed by atoms with Gasteiger partial charge in [-0.05, 0) is 38.7 Å². The van der Waals surface area contributed by atoms with Crippen molar-refractivity contribution in [2.24, 2.45) is 5.92 Å². The molecule has 164 valence electrons. The van der Waals surface area contributed by atoms with Crippen LogP contribution in [0.2, 0.25) is 0 Å². The van der Waals surface area contributed by atoms with Crippen molar-refractivity contribution in [2.45, 2.75) is 64.6 Å². The van der Waals surface area contributed by atoms with E-state index >= 15 is 0 Å². The number of nitrogens with zero attached hydrogens (tertiary/aromatic N) is 5. The Morgan fingerprint density at radius 3 is 2.77 bits per heavy atom. The van der Waals surface area contributed by atoms with Crippen LogP contribution in [0.4, 0.5) is 0 Å². The van der Waals surface area contributed by atoms with Gasteiger partial charge < -0.3 is 14.8 Å². The van der Waals surface area contributed by atoms with E-state index in [-0.39, 0.29) is 35.9 Å². The fourth-order valence-corrected chi connectivity index (χ4v) is 4.91. The number of amides is 2. The number of fused-ring (bicyclic) bond motifs is 1. The second-order valence-electron chi connectivity index (χ2n) is 8.70. The average molecular weight is 425 g/mol. The van der Waals surface area contributed by atoms with E-state index in [1.54, 1.807) is 21.8 Å². The van der Waals surface area contributed by atoms with E-state index in [0.717, 1.165) is 44.3 Å². The van der Waals surface area contributed by atoms with E-state index < -0.39 is 0 Å². The Morgan fingerprint density at radius 1 is 1.19 bits per heavy atom. The number of carbonyl (C=O) groups excluding carboxylic acids is 2. The minimum Gasteiger partial charge on any atom is -0.332 e. The van der Waals surface area contributed by atoms with Crippen molar-refractivity contribution in [3.63, 3.8) is 0 Å². The van der Waals surface area contributed by atoms with Crippen molar-refractivity contribution in [1.29, 1.82) is 0 Å². The van der Waals surface area contributed by atoms with Crippen LogP contribution in [-0.4, -0.2) is 54.5 Å². The molecule has 1 saturated carbocycles. The summed E-state index contributed by atoms with van der Waals surface area (Å²) < 4.78 is 1.66. The number of aromatic amines is 1. The topological polar surface area (TPSA) is 104 Å². The van der Waals surface area contributed by atoms with Crippen molar-refractivity contribution in [1.82, 2.24) is 29.5 Å². The van der Waals surface area contributed by atoms with Gasteiger partial charge in [-0.2, -0.15) is 5.10 Å². The minimum atomic E-state index is -0.204. The maximum absolute atomic E-state index is 12.9. The van der Waals surface area contributed by atoms with Gasteiger partial charge in [-0.1, -0.05) is 6.42 Å². The van der Waals surface area contributed by atoms with Crippen LogP contribution < -0.4 is 5.56 Å². The molecule has 0 radical (unpaired) electrons. The highest BCUT2D eigenvalue weighted by atomic mass is 16.2. The summed E-state index contributed by atoms with van der Waals surface area (Å²) in [5, 5.41) is 4.17. The predicted octanol–water partition coefficient (Wildman–Crippen LogP) is 1.65. The van der Waals surface area contributed by atoms with Crippen LogP contribution in [0, 0.1) is 5.92 Å². The van der Waals surface area contributed by atoms with Crippen LogP contribution >= 0.6 is 0 Å².